The van der Waals surface area contributed by atoms with Crippen LogP contribution in [-0.4, -0.2) is 33.3 Å². The van der Waals surface area contributed by atoms with Crippen molar-refractivity contribution in [1.82, 2.24) is 9.47 Å². The van der Waals surface area contributed by atoms with Crippen LogP contribution in [0.4, 0.5) is 0 Å². The van der Waals surface area contributed by atoms with E-state index in [0.717, 1.165) is 40.6 Å². The quantitative estimate of drug-likeness (QED) is 0.287. The fraction of sp³-hybridized carbons (Fsp3) is 0.300. The van der Waals surface area contributed by atoms with Gasteiger partial charge in [0.25, 0.3) is 5.56 Å². The van der Waals surface area contributed by atoms with E-state index in [0.29, 0.717) is 30.0 Å². The van der Waals surface area contributed by atoms with Gasteiger partial charge in [-0.1, -0.05) is 70.0 Å². The van der Waals surface area contributed by atoms with Crippen LogP contribution in [0, 0.1) is 0 Å². The second-order valence-corrected chi connectivity index (χ2v) is 11.1. The Morgan fingerprint density at radius 2 is 1.69 bits per heavy atom. The first-order chi connectivity index (χ1) is 17.4. The van der Waals surface area contributed by atoms with Crippen molar-refractivity contribution in [2.45, 2.75) is 44.4 Å². The minimum absolute atomic E-state index is 0.0487. The van der Waals surface area contributed by atoms with Crippen LogP contribution in [0.2, 0.25) is 5.02 Å². The van der Waals surface area contributed by atoms with E-state index >= 15 is 0 Å². The first kappa shape index (κ1) is 25.2. The third-order valence-electron chi connectivity index (χ3n) is 7.42. The summed E-state index contributed by atoms with van der Waals surface area (Å²) >= 11 is 9.79. The molecule has 1 unspecified atom stereocenters. The molecule has 0 radical (unpaired) electrons. The molecular weight excluding hydrogens is 536 g/mol. The number of likely N-dealkylation sites (tertiary alicyclic amines) is 1. The molecule has 1 atom stereocenters. The number of fused-ring (bicyclic) bond motifs is 1. The second kappa shape index (κ2) is 10.5. The highest BCUT2D eigenvalue weighted by Crippen LogP contribution is 2.41. The van der Waals surface area contributed by atoms with Crippen molar-refractivity contribution in [3.63, 3.8) is 0 Å². The van der Waals surface area contributed by atoms with Gasteiger partial charge in [0.05, 0.1) is 11.1 Å². The monoisotopic (exact) mass is 564 g/mol. The molecule has 1 aliphatic heterocycles. The van der Waals surface area contributed by atoms with E-state index in [9.17, 15) is 9.90 Å². The fourth-order valence-electron chi connectivity index (χ4n) is 5.57. The summed E-state index contributed by atoms with van der Waals surface area (Å²) in [6.07, 6.45) is 1.16. The van der Waals surface area contributed by atoms with Gasteiger partial charge in [-0.25, -0.2) is 0 Å². The number of aromatic nitrogens is 1. The molecule has 0 bridgehead atoms. The maximum Gasteiger partial charge on any atom is 0.254 e. The minimum atomic E-state index is -1.05. The van der Waals surface area contributed by atoms with Gasteiger partial charge in [0.1, 0.15) is 0 Å². The van der Waals surface area contributed by atoms with Gasteiger partial charge >= 0.3 is 0 Å². The van der Waals surface area contributed by atoms with Crippen LogP contribution >= 0.6 is 27.5 Å². The van der Waals surface area contributed by atoms with E-state index in [-0.39, 0.29) is 5.56 Å². The number of hydrogen-bond donors (Lipinski definition) is 1. The van der Waals surface area contributed by atoms with Gasteiger partial charge in [0.2, 0.25) is 0 Å². The van der Waals surface area contributed by atoms with Crippen molar-refractivity contribution in [3.05, 3.63) is 115 Å². The van der Waals surface area contributed by atoms with Crippen LogP contribution in [0.3, 0.4) is 0 Å². The molecule has 0 aliphatic carbocycles. The molecule has 1 aliphatic rings. The summed E-state index contributed by atoms with van der Waals surface area (Å²) in [4.78, 5) is 16.3. The lowest BCUT2D eigenvalue weighted by atomic mass is 9.72. The van der Waals surface area contributed by atoms with Gasteiger partial charge in [0.15, 0.2) is 0 Å². The number of aryl methyl sites for hydroxylation is 1. The van der Waals surface area contributed by atoms with Gasteiger partial charge in [-0.2, -0.15) is 0 Å². The fourth-order valence-corrected chi connectivity index (χ4v) is 6.07. The number of nitrogens with zero attached hydrogens (tertiary/aromatic N) is 2. The lowest BCUT2D eigenvalue weighted by molar-refractivity contribution is -0.0358. The van der Waals surface area contributed by atoms with E-state index in [1.807, 2.05) is 66.1 Å². The van der Waals surface area contributed by atoms with Gasteiger partial charge in [-0.05, 0) is 72.7 Å². The van der Waals surface area contributed by atoms with Crippen LogP contribution in [-0.2, 0) is 13.1 Å². The number of hydrogen-bond acceptors (Lipinski definition) is 3. The first-order valence-electron chi connectivity index (χ1n) is 12.4. The van der Waals surface area contributed by atoms with Crippen molar-refractivity contribution < 1.29 is 5.11 Å². The Morgan fingerprint density at radius 3 is 2.36 bits per heavy atom. The van der Waals surface area contributed by atoms with E-state index in [2.05, 4.69) is 45.1 Å². The normalized spacial score (nSPS) is 16.8. The van der Waals surface area contributed by atoms with Crippen molar-refractivity contribution in [3.8, 4) is 0 Å². The molecule has 0 saturated carbocycles. The predicted molar refractivity (Wildman–Crippen MR) is 151 cm³/mol. The van der Waals surface area contributed by atoms with E-state index in [1.54, 1.807) is 0 Å². The largest absolute Gasteiger partial charge is 0.389 e. The molecule has 4 aromatic rings. The van der Waals surface area contributed by atoms with Crippen LogP contribution in [0.25, 0.3) is 10.9 Å². The molecule has 1 N–H and O–H groups in total. The highest BCUT2D eigenvalue weighted by Gasteiger charge is 2.43. The van der Waals surface area contributed by atoms with Crippen LogP contribution in [0.1, 0.15) is 42.4 Å². The standard InChI is InChI=1S/C30H30BrClN2O2/c1-2-34-27-13-10-24(31)18-23(27)19-26(29(34)35)28(22-8-11-25(32)12-9-22)30(36)14-16-33(17-15-30)20-21-6-4-3-5-7-21/h3-13,18-19,28,36H,2,14-17,20H2,1H3. The highest BCUT2D eigenvalue weighted by atomic mass is 79.9. The van der Waals surface area contributed by atoms with E-state index < -0.39 is 11.5 Å². The number of pyridine rings is 1. The molecule has 4 nitrogen and oxygen atoms in total. The minimum Gasteiger partial charge on any atom is -0.389 e. The Morgan fingerprint density at radius 1 is 1.00 bits per heavy atom. The SMILES string of the molecule is CCn1c(=O)c(C(c2ccc(Cl)cc2)C2(O)CCN(Cc3ccccc3)CC2)cc2cc(Br)ccc21. The van der Waals surface area contributed by atoms with Crippen molar-refractivity contribution >= 4 is 38.4 Å². The van der Waals surface area contributed by atoms with Crippen molar-refractivity contribution in [2.24, 2.45) is 0 Å². The molecule has 36 heavy (non-hydrogen) atoms. The van der Waals surface area contributed by atoms with Gasteiger partial charge < -0.3 is 9.67 Å². The summed E-state index contributed by atoms with van der Waals surface area (Å²) in [7, 11) is 0. The molecule has 186 valence electrons. The first-order valence-corrected chi connectivity index (χ1v) is 13.6. The number of halogens is 2. The highest BCUT2D eigenvalue weighted by molar-refractivity contribution is 9.10. The molecule has 5 rings (SSSR count). The Bertz CT molecular complexity index is 1410. The molecule has 6 heteroatoms. The topological polar surface area (TPSA) is 45.5 Å². The summed E-state index contributed by atoms with van der Waals surface area (Å²) in [6.45, 7) is 4.92. The average molecular weight is 566 g/mol. The molecule has 3 aromatic carbocycles. The van der Waals surface area contributed by atoms with Gasteiger partial charge in [-0.15, -0.1) is 0 Å². The predicted octanol–water partition coefficient (Wildman–Crippen LogP) is 6.60. The summed E-state index contributed by atoms with van der Waals surface area (Å²) in [6, 6.07) is 25.9. The molecule has 1 fully saturated rings. The molecule has 1 saturated heterocycles. The average Bonchev–Trinajstić information content (AvgIpc) is 2.88. The second-order valence-electron chi connectivity index (χ2n) is 9.70. The Kier molecular flexibility index (Phi) is 7.36. The van der Waals surface area contributed by atoms with E-state index in [4.69, 9.17) is 11.6 Å². The van der Waals surface area contributed by atoms with Crippen LogP contribution in [0.5, 0.6) is 0 Å². The lowest BCUT2D eigenvalue weighted by Crippen LogP contribution is -2.49. The molecule has 0 spiro atoms. The maximum atomic E-state index is 13.9. The Hall–Kier alpha value is -2.44. The number of aliphatic hydroxyl groups is 1. The van der Waals surface area contributed by atoms with Gasteiger partial charge in [0, 0.05) is 47.2 Å². The summed E-state index contributed by atoms with van der Waals surface area (Å²) in [5.74, 6) is -0.456. The van der Waals surface area contributed by atoms with Gasteiger partial charge in [-0.3, -0.25) is 9.69 Å². The number of benzene rings is 3. The maximum absolute atomic E-state index is 13.9. The third kappa shape index (κ3) is 5.03. The molecular formula is C30H30BrClN2O2. The van der Waals surface area contributed by atoms with Crippen LogP contribution in [0.15, 0.2) is 88.1 Å². The zero-order valence-corrected chi connectivity index (χ0v) is 22.7. The zero-order chi connectivity index (χ0) is 25.3. The summed E-state index contributed by atoms with van der Waals surface area (Å²) < 4.78 is 2.77. The third-order valence-corrected chi connectivity index (χ3v) is 8.17. The number of piperidine rings is 1. The van der Waals surface area contributed by atoms with E-state index in [1.165, 1.54) is 5.56 Å². The zero-order valence-electron chi connectivity index (χ0n) is 20.3. The lowest BCUT2D eigenvalue weighted by Gasteiger charge is -2.43. The number of rotatable bonds is 6. The summed E-state index contributed by atoms with van der Waals surface area (Å²) in [5, 5.41) is 13.8. The Labute approximate surface area is 225 Å². The molecule has 1 aromatic heterocycles. The molecule has 2 heterocycles. The molecule has 0 amide bonds. The van der Waals surface area contributed by atoms with Crippen molar-refractivity contribution in [1.29, 1.82) is 0 Å². The Balaban J connectivity index is 1.56. The summed E-state index contributed by atoms with van der Waals surface area (Å²) in [5.41, 5.74) is 2.60. The van der Waals surface area contributed by atoms with Crippen LogP contribution < -0.4 is 5.56 Å². The smallest absolute Gasteiger partial charge is 0.254 e. The van der Waals surface area contributed by atoms with Crippen molar-refractivity contribution in [2.75, 3.05) is 13.1 Å².